The highest BCUT2D eigenvalue weighted by Crippen LogP contribution is 2.24. The van der Waals surface area contributed by atoms with Crippen molar-refractivity contribution in [2.24, 2.45) is 5.73 Å². The number of nitrogens with zero attached hydrogens (tertiary/aromatic N) is 2. The first-order valence-corrected chi connectivity index (χ1v) is 8.90. The number of aromatic carboxylic acids is 1. The number of fused-ring (bicyclic) bond motifs is 1. The summed E-state index contributed by atoms with van der Waals surface area (Å²) in [6, 6.07) is 11.2. The molecule has 140 valence electrons. The number of rotatable bonds is 2. The molecule has 3 heterocycles. The van der Waals surface area contributed by atoms with Gasteiger partial charge in [0.2, 0.25) is 5.43 Å². The smallest absolute Gasteiger partial charge is 0.341 e. The molecule has 1 aliphatic heterocycles. The lowest BCUT2D eigenvalue weighted by molar-refractivity contribution is 0.0695. The summed E-state index contributed by atoms with van der Waals surface area (Å²) in [5.74, 6) is 5.53. The van der Waals surface area contributed by atoms with Gasteiger partial charge in [-0.1, -0.05) is 30.0 Å². The van der Waals surface area contributed by atoms with E-state index < -0.39 is 11.4 Å². The largest absolute Gasteiger partial charge is 0.477 e. The van der Waals surface area contributed by atoms with Gasteiger partial charge in [-0.15, -0.1) is 0 Å². The van der Waals surface area contributed by atoms with Gasteiger partial charge in [0.25, 0.3) is 0 Å². The fraction of sp³-hybridized carbons (Fsp3) is 0.190. The van der Waals surface area contributed by atoms with E-state index in [4.69, 9.17) is 5.73 Å². The van der Waals surface area contributed by atoms with Gasteiger partial charge in [0.1, 0.15) is 17.0 Å². The number of benzene rings is 1. The first-order chi connectivity index (χ1) is 13.5. The Morgan fingerprint density at radius 1 is 1.29 bits per heavy atom. The van der Waals surface area contributed by atoms with E-state index in [1.165, 1.54) is 6.20 Å². The lowest BCUT2D eigenvalue weighted by atomic mass is 10.1. The average molecular weight is 374 g/mol. The van der Waals surface area contributed by atoms with Crippen LogP contribution in [0.5, 0.6) is 0 Å². The lowest BCUT2D eigenvalue weighted by Gasteiger charge is -2.19. The second-order valence-electron chi connectivity index (χ2n) is 6.70. The molecule has 28 heavy (non-hydrogen) atoms. The predicted octanol–water partition coefficient (Wildman–Crippen LogP) is 1.56. The third-order valence-electron chi connectivity index (χ3n) is 4.71. The summed E-state index contributed by atoms with van der Waals surface area (Å²) < 4.78 is 0. The minimum Gasteiger partial charge on any atom is -0.477 e. The predicted molar refractivity (Wildman–Crippen MR) is 107 cm³/mol. The number of aromatic nitrogens is 2. The van der Waals surface area contributed by atoms with Gasteiger partial charge in [-0.2, -0.15) is 0 Å². The second-order valence-corrected chi connectivity index (χ2v) is 6.70. The summed E-state index contributed by atoms with van der Waals surface area (Å²) in [4.78, 5) is 33.3. The van der Waals surface area contributed by atoms with Crippen LogP contribution in [0.25, 0.3) is 11.0 Å². The number of anilines is 1. The molecule has 4 rings (SSSR count). The third-order valence-corrected chi connectivity index (χ3v) is 4.71. The van der Waals surface area contributed by atoms with Gasteiger partial charge < -0.3 is 20.7 Å². The Kier molecular flexibility index (Phi) is 4.55. The van der Waals surface area contributed by atoms with E-state index in [1.807, 2.05) is 35.2 Å². The molecule has 0 aliphatic carbocycles. The highest BCUT2D eigenvalue weighted by atomic mass is 16.4. The Morgan fingerprint density at radius 3 is 2.75 bits per heavy atom. The topological polar surface area (TPSA) is 112 Å². The molecule has 1 saturated heterocycles. The first-order valence-electron chi connectivity index (χ1n) is 8.90. The SMILES string of the molecule is NC1CCN(c2nc3[nH]cc(C(=O)O)c(=O)c3cc2C#Cc2ccccc2)C1. The van der Waals surface area contributed by atoms with E-state index in [0.717, 1.165) is 18.5 Å². The molecule has 1 aliphatic rings. The molecular formula is C21H18N4O3. The second kappa shape index (κ2) is 7.18. The maximum atomic E-state index is 12.6. The van der Waals surface area contributed by atoms with Gasteiger partial charge in [-0.25, -0.2) is 9.78 Å². The van der Waals surface area contributed by atoms with Crippen LogP contribution in [0.15, 0.2) is 47.4 Å². The molecule has 0 bridgehead atoms. The molecule has 0 saturated carbocycles. The van der Waals surface area contributed by atoms with E-state index >= 15 is 0 Å². The van der Waals surface area contributed by atoms with E-state index in [2.05, 4.69) is 21.8 Å². The highest BCUT2D eigenvalue weighted by Gasteiger charge is 2.24. The summed E-state index contributed by atoms with van der Waals surface area (Å²) in [6.07, 6.45) is 2.02. The molecule has 0 spiro atoms. The third kappa shape index (κ3) is 3.33. The van der Waals surface area contributed by atoms with E-state index in [0.29, 0.717) is 23.6 Å². The van der Waals surface area contributed by atoms with Crippen molar-refractivity contribution < 1.29 is 9.90 Å². The fourth-order valence-corrected chi connectivity index (χ4v) is 3.27. The Morgan fingerprint density at radius 2 is 2.07 bits per heavy atom. The first kappa shape index (κ1) is 17.8. The zero-order chi connectivity index (χ0) is 19.7. The lowest BCUT2D eigenvalue weighted by Crippen LogP contribution is -2.27. The zero-order valence-corrected chi connectivity index (χ0v) is 15.0. The van der Waals surface area contributed by atoms with Crippen molar-refractivity contribution in [3.8, 4) is 11.8 Å². The van der Waals surface area contributed by atoms with Crippen LogP contribution in [0.1, 0.15) is 27.9 Å². The zero-order valence-electron chi connectivity index (χ0n) is 15.0. The molecule has 2 aromatic heterocycles. The van der Waals surface area contributed by atoms with Crippen LogP contribution in [-0.4, -0.2) is 40.2 Å². The minimum atomic E-state index is -1.28. The highest BCUT2D eigenvalue weighted by molar-refractivity contribution is 5.92. The van der Waals surface area contributed by atoms with Crippen molar-refractivity contribution in [2.75, 3.05) is 18.0 Å². The molecule has 0 amide bonds. The van der Waals surface area contributed by atoms with Crippen molar-refractivity contribution in [3.63, 3.8) is 0 Å². The number of carboxylic acid groups (broad SMARTS) is 1. The number of aromatic amines is 1. The van der Waals surface area contributed by atoms with Crippen molar-refractivity contribution in [1.29, 1.82) is 0 Å². The van der Waals surface area contributed by atoms with Crippen molar-refractivity contribution in [1.82, 2.24) is 9.97 Å². The molecule has 1 unspecified atom stereocenters. The maximum Gasteiger partial charge on any atom is 0.341 e. The quantitative estimate of drug-likeness (QED) is 0.587. The van der Waals surface area contributed by atoms with Crippen molar-refractivity contribution >= 4 is 22.8 Å². The molecule has 1 atom stereocenters. The number of carboxylic acids is 1. The van der Waals surface area contributed by atoms with E-state index in [-0.39, 0.29) is 17.0 Å². The Balaban J connectivity index is 1.90. The van der Waals surface area contributed by atoms with Crippen LogP contribution in [0, 0.1) is 11.8 Å². The van der Waals surface area contributed by atoms with Crippen LogP contribution in [0.2, 0.25) is 0 Å². The van der Waals surface area contributed by atoms with E-state index in [9.17, 15) is 14.7 Å². The molecule has 0 radical (unpaired) electrons. The minimum absolute atomic E-state index is 0.0564. The number of nitrogens with two attached hydrogens (primary N) is 1. The Bertz CT molecular complexity index is 1180. The van der Waals surface area contributed by atoms with Gasteiger partial charge >= 0.3 is 5.97 Å². The molecule has 4 N–H and O–H groups in total. The molecule has 3 aromatic rings. The molecule has 1 aromatic carbocycles. The van der Waals surface area contributed by atoms with Crippen molar-refractivity contribution in [2.45, 2.75) is 12.5 Å². The van der Waals surface area contributed by atoms with E-state index in [1.54, 1.807) is 6.07 Å². The number of nitrogens with one attached hydrogen (secondary N) is 1. The number of hydrogen-bond donors (Lipinski definition) is 3. The van der Waals surface area contributed by atoms with Crippen LogP contribution < -0.4 is 16.1 Å². The average Bonchev–Trinajstić information content (AvgIpc) is 3.13. The van der Waals surface area contributed by atoms with Crippen molar-refractivity contribution in [3.05, 3.63) is 69.5 Å². The maximum absolute atomic E-state index is 12.6. The standard InChI is InChI=1S/C21H18N4O3/c22-15-8-9-25(12-15)20-14(7-6-13-4-2-1-3-5-13)10-16-18(26)17(21(27)28)11-23-19(16)24-20/h1-5,10-11,15H,8-9,12,22H2,(H,27,28)(H,23,24,26). The molecule has 1 fully saturated rings. The molecule has 7 heteroatoms. The summed E-state index contributed by atoms with van der Waals surface area (Å²) >= 11 is 0. The normalized spacial score (nSPS) is 16.0. The van der Waals surface area contributed by atoms with Gasteiger partial charge in [-0.05, 0) is 24.6 Å². The fourth-order valence-electron chi connectivity index (χ4n) is 3.27. The van der Waals surface area contributed by atoms with Crippen LogP contribution in [0.3, 0.4) is 0 Å². The number of carbonyl (C=O) groups is 1. The van der Waals surface area contributed by atoms with Crippen LogP contribution in [0.4, 0.5) is 5.82 Å². The van der Waals surface area contributed by atoms with Crippen LogP contribution >= 0.6 is 0 Å². The molecule has 7 nitrogen and oxygen atoms in total. The number of pyridine rings is 2. The van der Waals surface area contributed by atoms with Crippen LogP contribution in [-0.2, 0) is 0 Å². The number of H-pyrrole nitrogens is 1. The van der Waals surface area contributed by atoms with Gasteiger partial charge in [0.15, 0.2) is 0 Å². The summed E-state index contributed by atoms with van der Waals surface area (Å²) in [5, 5.41) is 9.41. The summed E-state index contributed by atoms with van der Waals surface area (Å²) in [7, 11) is 0. The Labute approximate surface area is 160 Å². The summed E-state index contributed by atoms with van der Waals surface area (Å²) in [6.45, 7) is 1.40. The summed E-state index contributed by atoms with van der Waals surface area (Å²) in [5.41, 5.74) is 6.86. The molecular weight excluding hydrogens is 356 g/mol. The Hall–Kier alpha value is -3.63. The van der Waals surface area contributed by atoms with Gasteiger partial charge in [-0.3, -0.25) is 4.79 Å². The van der Waals surface area contributed by atoms with Gasteiger partial charge in [0, 0.05) is 30.9 Å². The number of hydrogen-bond acceptors (Lipinski definition) is 5. The monoisotopic (exact) mass is 374 g/mol. The van der Waals surface area contributed by atoms with Gasteiger partial charge in [0.05, 0.1) is 10.9 Å².